The van der Waals surface area contributed by atoms with Crippen LogP contribution in [0.1, 0.15) is 6.42 Å². The van der Waals surface area contributed by atoms with Crippen molar-refractivity contribution >= 4 is 17.6 Å². The van der Waals surface area contributed by atoms with Gasteiger partial charge in [-0.1, -0.05) is 18.2 Å². The smallest absolute Gasteiger partial charge is 0.316 e. The van der Waals surface area contributed by atoms with E-state index in [1.54, 1.807) is 48.4 Å². The van der Waals surface area contributed by atoms with Gasteiger partial charge in [0.25, 0.3) is 0 Å². The molecule has 2 aromatic carbocycles. The molecule has 25 heavy (non-hydrogen) atoms. The maximum atomic E-state index is 12.4. The molecule has 1 saturated heterocycles. The van der Waals surface area contributed by atoms with Crippen LogP contribution in [0.3, 0.4) is 0 Å². The second kappa shape index (κ2) is 7.25. The highest BCUT2D eigenvalue weighted by molar-refractivity contribution is 5.99. The summed E-state index contributed by atoms with van der Waals surface area (Å²) in [6, 6.07) is 14.1. The fraction of sp³-hybridized carbons (Fsp3) is 0.263. The molecule has 3 rings (SSSR count). The zero-order chi connectivity index (χ0) is 17.8. The van der Waals surface area contributed by atoms with Gasteiger partial charge in [0.05, 0.1) is 20.1 Å². The van der Waals surface area contributed by atoms with E-state index in [9.17, 15) is 9.59 Å². The van der Waals surface area contributed by atoms with Crippen molar-refractivity contribution in [3.63, 3.8) is 0 Å². The van der Waals surface area contributed by atoms with Crippen molar-refractivity contribution in [1.82, 2.24) is 0 Å². The molecule has 0 bridgehead atoms. The van der Waals surface area contributed by atoms with Crippen molar-refractivity contribution in [1.29, 1.82) is 0 Å². The van der Waals surface area contributed by atoms with Gasteiger partial charge in [-0.25, -0.2) is 0 Å². The van der Waals surface area contributed by atoms with Crippen LogP contribution in [-0.4, -0.2) is 32.6 Å². The topological polar surface area (TPSA) is 65.1 Å². The van der Waals surface area contributed by atoms with E-state index in [2.05, 4.69) is 0 Å². The van der Waals surface area contributed by atoms with Crippen molar-refractivity contribution in [2.45, 2.75) is 6.42 Å². The van der Waals surface area contributed by atoms with E-state index in [1.165, 1.54) is 7.11 Å². The second-order valence-corrected chi connectivity index (χ2v) is 5.68. The number of esters is 1. The zero-order valence-corrected chi connectivity index (χ0v) is 14.1. The maximum absolute atomic E-state index is 12.4. The summed E-state index contributed by atoms with van der Waals surface area (Å²) in [6.45, 7) is 0.278. The molecule has 0 radical (unpaired) electrons. The number of amides is 1. The van der Waals surface area contributed by atoms with E-state index < -0.39 is 11.9 Å². The highest BCUT2D eigenvalue weighted by atomic mass is 16.6. The molecule has 1 aliphatic heterocycles. The average Bonchev–Trinajstić information content (AvgIpc) is 3.04. The number of methoxy groups -OCH3 is 2. The Bertz CT molecular complexity index is 789. The molecule has 1 fully saturated rings. The van der Waals surface area contributed by atoms with Gasteiger partial charge in [-0.3, -0.25) is 9.59 Å². The number of nitrogens with zero attached hydrogens (tertiary/aromatic N) is 1. The molecule has 6 heteroatoms. The monoisotopic (exact) mass is 341 g/mol. The molecule has 0 unspecified atom stereocenters. The summed E-state index contributed by atoms with van der Waals surface area (Å²) in [5, 5.41) is 0. The fourth-order valence-corrected chi connectivity index (χ4v) is 2.79. The van der Waals surface area contributed by atoms with Crippen molar-refractivity contribution in [3.8, 4) is 17.2 Å². The number of carbonyl (C=O) groups excluding carboxylic acids is 2. The van der Waals surface area contributed by atoms with Crippen LogP contribution < -0.4 is 19.1 Å². The minimum absolute atomic E-state index is 0.116. The van der Waals surface area contributed by atoms with Crippen molar-refractivity contribution in [2.24, 2.45) is 5.92 Å². The average molecular weight is 341 g/mol. The van der Waals surface area contributed by atoms with Gasteiger partial charge in [0.1, 0.15) is 5.75 Å². The lowest BCUT2D eigenvalue weighted by molar-refractivity contribution is -0.139. The highest BCUT2D eigenvalue weighted by Crippen LogP contribution is 2.31. The molecule has 2 aromatic rings. The Labute approximate surface area is 145 Å². The number of benzene rings is 2. The molecule has 1 amide bonds. The molecule has 6 nitrogen and oxygen atoms in total. The predicted octanol–water partition coefficient (Wildman–Crippen LogP) is 2.66. The summed E-state index contributed by atoms with van der Waals surface area (Å²) in [5.74, 6) is 0.402. The maximum Gasteiger partial charge on any atom is 0.316 e. The standard InChI is InChI=1S/C19H19NO5/c1-23-15-7-5-6-14(11-15)20-12-13(10-18(20)21)19(22)25-17-9-4-3-8-16(17)24-2/h3-9,11,13H,10,12H2,1-2H3/t13-/m1/s1. The Kier molecular flexibility index (Phi) is 4.88. The summed E-state index contributed by atoms with van der Waals surface area (Å²) >= 11 is 0. The SMILES string of the molecule is COc1cccc(N2C[C@H](C(=O)Oc3ccccc3OC)CC2=O)c1. The molecule has 1 atom stereocenters. The van der Waals surface area contributed by atoms with Crippen LogP contribution in [0.15, 0.2) is 48.5 Å². The van der Waals surface area contributed by atoms with Gasteiger partial charge in [0.15, 0.2) is 11.5 Å². The van der Waals surface area contributed by atoms with Crippen molar-refractivity contribution < 1.29 is 23.8 Å². The van der Waals surface area contributed by atoms with Crippen LogP contribution in [-0.2, 0) is 9.59 Å². The first-order valence-electron chi connectivity index (χ1n) is 7.91. The van der Waals surface area contributed by atoms with E-state index in [1.807, 2.05) is 12.1 Å². The first-order valence-corrected chi connectivity index (χ1v) is 7.91. The number of ether oxygens (including phenoxy) is 3. The number of hydrogen-bond donors (Lipinski definition) is 0. The van der Waals surface area contributed by atoms with Crippen LogP contribution in [0.25, 0.3) is 0 Å². The fourth-order valence-electron chi connectivity index (χ4n) is 2.79. The second-order valence-electron chi connectivity index (χ2n) is 5.68. The summed E-state index contributed by atoms with van der Waals surface area (Å²) in [6.07, 6.45) is 0.116. The van der Waals surface area contributed by atoms with Gasteiger partial charge in [-0.15, -0.1) is 0 Å². The van der Waals surface area contributed by atoms with Crippen LogP contribution >= 0.6 is 0 Å². The lowest BCUT2D eigenvalue weighted by Crippen LogP contribution is -2.27. The van der Waals surface area contributed by atoms with Gasteiger partial charge in [-0.2, -0.15) is 0 Å². The number of anilines is 1. The number of hydrogen-bond acceptors (Lipinski definition) is 5. The predicted molar refractivity (Wildman–Crippen MR) is 92.1 cm³/mol. The number of carbonyl (C=O) groups is 2. The summed E-state index contributed by atoms with van der Waals surface area (Å²) in [7, 11) is 3.08. The van der Waals surface area contributed by atoms with Gasteiger partial charge >= 0.3 is 5.97 Å². The molecule has 0 spiro atoms. The Hall–Kier alpha value is -3.02. The van der Waals surface area contributed by atoms with E-state index in [4.69, 9.17) is 14.2 Å². The Balaban J connectivity index is 1.72. The summed E-state index contributed by atoms with van der Waals surface area (Å²) in [5.41, 5.74) is 0.706. The van der Waals surface area contributed by atoms with Gasteiger partial charge in [0, 0.05) is 24.7 Å². The van der Waals surface area contributed by atoms with Crippen LogP contribution in [0.5, 0.6) is 17.2 Å². The number of rotatable bonds is 5. The number of para-hydroxylation sites is 2. The largest absolute Gasteiger partial charge is 0.497 e. The molecular formula is C19H19NO5. The normalized spacial score (nSPS) is 16.6. The highest BCUT2D eigenvalue weighted by Gasteiger charge is 2.36. The van der Waals surface area contributed by atoms with Crippen molar-refractivity contribution in [2.75, 3.05) is 25.7 Å². The summed E-state index contributed by atoms with van der Waals surface area (Å²) in [4.78, 5) is 26.3. The van der Waals surface area contributed by atoms with E-state index in [-0.39, 0.29) is 18.9 Å². The molecule has 0 aromatic heterocycles. The lowest BCUT2D eigenvalue weighted by atomic mass is 10.1. The van der Waals surface area contributed by atoms with E-state index in [0.29, 0.717) is 22.9 Å². The van der Waals surface area contributed by atoms with Crippen molar-refractivity contribution in [3.05, 3.63) is 48.5 Å². The van der Waals surface area contributed by atoms with Crippen LogP contribution in [0.4, 0.5) is 5.69 Å². The third-order valence-electron chi connectivity index (χ3n) is 4.10. The Morgan fingerprint density at radius 1 is 1.04 bits per heavy atom. The Morgan fingerprint density at radius 3 is 2.52 bits per heavy atom. The molecule has 0 N–H and O–H groups in total. The molecule has 0 saturated carbocycles. The summed E-state index contributed by atoms with van der Waals surface area (Å²) < 4.78 is 15.8. The zero-order valence-electron chi connectivity index (χ0n) is 14.1. The third-order valence-corrected chi connectivity index (χ3v) is 4.10. The van der Waals surface area contributed by atoms with E-state index in [0.717, 1.165) is 0 Å². The van der Waals surface area contributed by atoms with Crippen LogP contribution in [0.2, 0.25) is 0 Å². The lowest BCUT2D eigenvalue weighted by Gasteiger charge is -2.17. The van der Waals surface area contributed by atoms with Crippen LogP contribution in [0, 0.1) is 5.92 Å². The first-order chi connectivity index (χ1) is 12.1. The van der Waals surface area contributed by atoms with E-state index >= 15 is 0 Å². The minimum atomic E-state index is -0.524. The van der Waals surface area contributed by atoms with Gasteiger partial charge in [-0.05, 0) is 24.3 Å². The Morgan fingerprint density at radius 2 is 1.80 bits per heavy atom. The molecule has 130 valence electrons. The van der Waals surface area contributed by atoms with Gasteiger partial charge in [0.2, 0.25) is 5.91 Å². The molecule has 1 aliphatic rings. The molecule has 1 heterocycles. The molecular weight excluding hydrogens is 322 g/mol. The first kappa shape index (κ1) is 16.8. The molecule has 0 aliphatic carbocycles. The minimum Gasteiger partial charge on any atom is -0.497 e. The van der Waals surface area contributed by atoms with Gasteiger partial charge < -0.3 is 19.1 Å². The quantitative estimate of drug-likeness (QED) is 0.618. The third kappa shape index (κ3) is 3.57.